The Hall–Kier alpha value is -1.95. The van der Waals surface area contributed by atoms with Gasteiger partial charge in [-0.3, -0.25) is 0 Å². The molecule has 6 heteroatoms. The zero-order chi connectivity index (χ0) is 12.0. The van der Waals surface area contributed by atoms with Gasteiger partial charge in [0.15, 0.2) is 11.6 Å². The van der Waals surface area contributed by atoms with Gasteiger partial charge in [-0.25, -0.2) is 4.39 Å². The number of nitrogens with zero attached hydrogens (tertiary/aromatic N) is 2. The molecule has 1 saturated carbocycles. The van der Waals surface area contributed by atoms with Gasteiger partial charge in [-0.05, 0) is 31.0 Å². The number of halogens is 1. The topological polar surface area (TPSA) is 85.2 Å². The molecule has 1 aromatic carbocycles. The third-order valence-corrected chi connectivity index (χ3v) is 2.85. The van der Waals surface area contributed by atoms with Crippen molar-refractivity contribution < 1.29 is 14.0 Å². The summed E-state index contributed by atoms with van der Waals surface area (Å²) in [6, 6.07) is 3.92. The van der Waals surface area contributed by atoms with Crippen molar-refractivity contribution in [3.05, 3.63) is 29.9 Å². The molecule has 5 nitrogen and oxygen atoms in total. The Morgan fingerprint density at radius 3 is 2.82 bits per heavy atom. The van der Waals surface area contributed by atoms with Gasteiger partial charge in [-0.2, -0.15) is 4.98 Å². The Morgan fingerprint density at radius 1 is 1.41 bits per heavy atom. The molecule has 1 aliphatic carbocycles. The molecule has 0 atom stereocenters. The second-order valence-corrected chi connectivity index (χ2v) is 4.25. The number of hydrogen-bond acceptors (Lipinski definition) is 5. The molecule has 1 aliphatic rings. The van der Waals surface area contributed by atoms with Crippen LogP contribution in [0.3, 0.4) is 0 Å². The van der Waals surface area contributed by atoms with Crippen LogP contribution in [0.4, 0.5) is 4.39 Å². The summed E-state index contributed by atoms with van der Waals surface area (Å²) in [6.07, 6.45) is 1.64. The lowest BCUT2D eigenvalue weighted by Gasteiger charge is -1.98. The van der Waals surface area contributed by atoms with E-state index in [0.717, 1.165) is 18.9 Å². The Kier molecular flexibility index (Phi) is 1.97. The first-order valence-electron chi connectivity index (χ1n) is 5.20. The third-order valence-electron chi connectivity index (χ3n) is 2.85. The molecule has 0 unspecified atom stereocenters. The first kappa shape index (κ1) is 10.2. The fourth-order valence-corrected chi connectivity index (χ4v) is 1.54. The Bertz CT molecular complexity index is 578. The van der Waals surface area contributed by atoms with Crippen LogP contribution in [-0.2, 0) is 5.54 Å². The Labute approximate surface area is 96.1 Å². The lowest BCUT2D eigenvalue weighted by molar-refractivity contribution is 0.348. The largest absolute Gasteiger partial charge is 0.505 e. The minimum atomic E-state index is -0.720. The van der Waals surface area contributed by atoms with Gasteiger partial charge in [0.25, 0.3) is 0 Å². The van der Waals surface area contributed by atoms with E-state index in [0.29, 0.717) is 11.5 Å². The fraction of sp³-hybridized carbons (Fsp3) is 0.273. The van der Waals surface area contributed by atoms with E-state index in [1.807, 2.05) is 0 Å². The highest BCUT2D eigenvalue weighted by Crippen LogP contribution is 2.42. The standard InChI is InChI=1S/C11H10FN3O2/c12-7-5-6(1-2-8(7)16)9-14-10(17-15-9)11(13)3-4-11/h1-2,5,16H,3-4,13H2. The van der Waals surface area contributed by atoms with E-state index in [9.17, 15) is 4.39 Å². The van der Waals surface area contributed by atoms with Crippen LogP contribution >= 0.6 is 0 Å². The van der Waals surface area contributed by atoms with Gasteiger partial charge >= 0.3 is 0 Å². The summed E-state index contributed by atoms with van der Waals surface area (Å²) < 4.78 is 18.2. The van der Waals surface area contributed by atoms with E-state index >= 15 is 0 Å². The van der Waals surface area contributed by atoms with Gasteiger partial charge in [0.05, 0.1) is 5.54 Å². The van der Waals surface area contributed by atoms with Gasteiger partial charge in [0.1, 0.15) is 0 Å². The van der Waals surface area contributed by atoms with E-state index in [2.05, 4.69) is 10.1 Å². The number of aromatic nitrogens is 2. The van der Waals surface area contributed by atoms with Crippen LogP contribution in [0.5, 0.6) is 5.75 Å². The monoisotopic (exact) mass is 235 g/mol. The average molecular weight is 235 g/mol. The lowest BCUT2D eigenvalue weighted by atomic mass is 10.2. The predicted octanol–water partition coefficient (Wildman–Crippen LogP) is 1.53. The molecule has 88 valence electrons. The van der Waals surface area contributed by atoms with Crippen LogP contribution in [-0.4, -0.2) is 15.2 Å². The minimum absolute atomic E-state index is 0.274. The summed E-state index contributed by atoms with van der Waals surface area (Å²) in [5.41, 5.74) is 5.85. The quantitative estimate of drug-likeness (QED) is 0.824. The van der Waals surface area contributed by atoms with Gasteiger partial charge in [-0.1, -0.05) is 5.16 Å². The molecule has 0 radical (unpaired) electrons. The maximum atomic E-state index is 13.2. The Balaban J connectivity index is 1.98. The summed E-state index contributed by atoms with van der Waals surface area (Å²) >= 11 is 0. The van der Waals surface area contributed by atoms with Crippen LogP contribution < -0.4 is 5.73 Å². The molecule has 3 N–H and O–H groups in total. The molecular formula is C11H10FN3O2. The highest BCUT2D eigenvalue weighted by molar-refractivity contribution is 5.56. The smallest absolute Gasteiger partial charge is 0.247 e. The Morgan fingerprint density at radius 2 is 2.18 bits per heavy atom. The second-order valence-electron chi connectivity index (χ2n) is 4.25. The number of hydrogen-bond donors (Lipinski definition) is 2. The SMILES string of the molecule is NC1(c2nc(-c3ccc(O)c(F)c3)no2)CC1. The highest BCUT2D eigenvalue weighted by Gasteiger charge is 2.45. The number of aromatic hydroxyl groups is 1. The zero-order valence-electron chi connectivity index (χ0n) is 8.85. The minimum Gasteiger partial charge on any atom is -0.505 e. The van der Waals surface area contributed by atoms with Crippen molar-refractivity contribution >= 4 is 0 Å². The summed E-state index contributed by atoms with van der Waals surface area (Å²) in [4.78, 5) is 4.13. The van der Waals surface area contributed by atoms with E-state index in [-0.39, 0.29) is 5.82 Å². The highest BCUT2D eigenvalue weighted by atomic mass is 19.1. The zero-order valence-corrected chi connectivity index (χ0v) is 8.85. The molecule has 1 heterocycles. The van der Waals surface area contributed by atoms with Crippen molar-refractivity contribution in [3.63, 3.8) is 0 Å². The van der Waals surface area contributed by atoms with Gasteiger partial charge in [0.2, 0.25) is 11.7 Å². The van der Waals surface area contributed by atoms with Crippen molar-refractivity contribution in [2.24, 2.45) is 5.73 Å². The number of nitrogens with two attached hydrogens (primary N) is 1. The normalized spacial score (nSPS) is 17.1. The molecule has 0 amide bonds. The van der Waals surface area contributed by atoms with E-state index < -0.39 is 17.1 Å². The van der Waals surface area contributed by atoms with Crippen LogP contribution in [0, 0.1) is 5.82 Å². The molecule has 1 fully saturated rings. The number of benzene rings is 1. The maximum Gasteiger partial charge on any atom is 0.247 e. The van der Waals surface area contributed by atoms with Crippen molar-refractivity contribution in [1.82, 2.24) is 10.1 Å². The van der Waals surface area contributed by atoms with Crippen LogP contribution in [0.25, 0.3) is 11.4 Å². The van der Waals surface area contributed by atoms with Gasteiger partial charge < -0.3 is 15.4 Å². The van der Waals surface area contributed by atoms with Crippen molar-refractivity contribution in [1.29, 1.82) is 0 Å². The van der Waals surface area contributed by atoms with Crippen molar-refractivity contribution in [2.75, 3.05) is 0 Å². The molecular weight excluding hydrogens is 225 g/mol. The molecule has 0 saturated heterocycles. The fourth-order valence-electron chi connectivity index (χ4n) is 1.54. The van der Waals surface area contributed by atoms with Gasteiger partial charge in [-0.15, -0.1) is 0 Å². The molecule has 2 aromatic rings. The molecule has 0 spiro atoms. The molecule has 1 aromatic heterocycles. The van der Waals surface area contributed by atoms with Crippen LogP contribution in [0.2, 0.25) is 0 Å². The molecule has 0 bridgehead atoms. The molecule has 17 heavy (non-hydrogen) atoms. The number of phenolic OH excluding ortho intramolecular Hbond substituents is 1. The maximum absolute atomic E-state index is 13.2. The summed E-state index contributed by atoms with van der Waals surface area (Å²) in [5, 5.41) is 12.8. The van der Waals surface area contributed by atoms with E-state index in [4.69, 9.17) is 15.4 Å². The number of phenols is 1. The first-order valence-corrected chi connectivity index (χ1v) is 5.20. The first-order chi connectivity index (χ1) is 8.08. The lowest BCUT2D eigenvalue weighted by Crippen LogP contribution is -2.18. The average Bonchev–Trinajstić information content (AvgIpc) is 2.88. The van der Waals surface area contributed by atoms with Crippen LogP contribution in [0.15, 0.2) is 22.7 Å². The third kappa shape index (κ3) is 1.66. The van der Waals surface area contributed by atoms with Crippen LogP contribution in [0.1, 0.15) is 18.7 Å². The van der Waals surface area contributed by atoms with Gasteiger partial charge in [0, 0.05) is 5.56 Å². The predicted molar refractivity (Wildman–Crippen MR) is 56.5 cm³/mol. The second kappa shape index (κ2) is 3.27. The summed E-state index contributed by atoms with van der Waals surface area (Å²) in [5.74, 6) is -0.478. The van der Waals surface area contributed by atoms with Crippen molar-refractivity contribution in [2.45, 2.75) is 18.4 Å². The van der Waals surface area contributed by atoms with Crippen molar-refractivity contribution in [3.8, 4) is 17.1 Å². The van der Waals surface area contributed by atoms with E-state index in [1.54, 1.807) is 0 Å². The van der Waals surface area contributed by atoms with E-state index in [1.165, 1.54) is 12.1 Å². The number of rotatable bonds is 2. The molecule has 0 aliphatic heterocycles. The summed E-state index contributed by atoms with van der Waals surface area (Å²) in [7, 11) is 0. The molecule has 3 rings (SSSR count). The summed E-state index contributed by atoms with van der Waals surface area (Å²) in [6.45, 7) is 0.